The zero-order valence-electron chi connectivity index (χ0n) is 12.4. The Morgan fingerprint density at radius 1 is 0.826 bits per heavy atom. The molecule has 3 aromatic carbocycles. The van der Waals surface area contributed by atoms with Gasteiger partial charge in [-0.15, -0.1) is 0 Å². The fourth-order valence-electron chi connectivity index (χ4n) is 3.93. The maximum atomic E-state index is 4.71. The van der Waals surface area contributed by atoms with Gasteiger partial charge in [0.25, 0.3) is 0 Å². The van der Waals surface area contributed by atoms with Crippen LogP contribution < -0.4 is 0 Å². The van der Waals surface area contributed by atoms with Crippen molar-refractivity contribution < 1.29 is 0 Å². The standard InChI is InChI=1S/C20H13N3/c1-2-6-14-12(5-1)9-13-10-19-17(11-15(13)14)22-20-21-16-7-3-4-8-18(16)23(19)20/h1-8,10-11H,9H2,(H,21,22). The third-order valence-electron chi connectivity index (χ3n) is 4.96. The van der Waals surface area contributed by atoms with Gasteiger partial charge in [-0.25, -0.2) is 4.98 Å². The van der Waals surface area contributed by atoms with Crippen LogP contribution in [0.5, 0.6) is 0 Å². The number of H-pyrrole nitrogens is 1. The number of para-hydroxylation sites is 2. The number of rotatable bonds is 0. The highest BCUT2D eigenvalue weighted by atomic mass is 15.1. The Balaban J connectivity index is 1.75. The minimum absolute atomic E-state index is 0.915. The summed E-state index contributed by atoms with van der Waals surface area (Å²) < 4.78 is 2.23. The quantitative estimate of drug-likeness (QED) is 0.438. The van der Waals surface area contributed by atoms with Crippen LogP contribution in [0.15, 0.2) is 60.7 Å². The van der Waals surface area contributed by atoms with Gasteiger partial charge in [-0.2, -0.15) is 0 Å². The van der Waals surface area contributed by atoms with Crippen molar-refractivity contribution in [2.24, 2.45) is 0 Å². The van der Waals surface area contributed by atoms with Crippen LogP contribution in [0.1, 0.15) is 11.1 Å². The molecule has 0 unspecified atom stereocenters. The van der Waals surface area contributed by atoms with Crippen LogP contribution >= 0.6 is 0 Å². The van der Waals surface area contributed by atoms with E-state index in [1.54, 1.807) is 0 Å². The van der Waals surface area contributed by atoms with Gasteiger partial charge in [-0.1, -0.05) is 36.4 Å². The highest BCUT2D eigenvalue weighted by Crippen LogP contribution is 2.39. The molecule has 3 nitrogen and oxygen atoms in total. The van der Waals surface area contributed by atoms with E-state index < -0.39 is 0 Å². The van der Waals surface area contributed by atoms with E-state index in [1.165, 1.54) is 27.8 Å². The maximum Gasteiger partial charge on any atom is 0.213 e. The lowest BCUT2D eigenvalue weighted by molar-refractivity contribution is 1.25. The summed E-state index contributed by atoms with van der Waals surface area (Å²) in [7, 11) is 0. The lowest BCUT2D eigenvalue weighted by Gasteiger charge is -2.02. The van der Waals surface area contributed by atoms with Crippen LogP contribution in [0.4, 0.5) is 0 Å². The topological polar surface area (TPSA) is 33.1 Å². The first kappa shape index (κ1) is 11.5. The third-order valence-corrected chi connectivity index (χ3v) is 4.96. The molecule has 6 rings (SSSR count). The highest BCUT2D eigenvalue weighted by Gasteiger charge is 2.20. The summed E-state index contributed by atoms with van der Waals surface area (Å²) in [6.45, 7) is 0. The average molecular weight is 295 g/mol. The van der Waals surface area contributed by atoms with Gasteiger partial charge in [0.1, 0.15) is 0 Å². The molecule has 1 N–H and O–H groups in total. The van der Waals surface area contributed by atoms with E-state index in [2.05, 4.69) is 64.0 Å². The van der Waals surface area contributed by atoms with Gasteiger partial charge in [0.2, 0.25) is 5.78 Å². The summed E-state index contributed by atoms with van der Waals surface area (Å²) in [6, 6.07) is 21.6. The molecular formula is C20H13N3. The van der Waals surface area contributed by atoms with E-state index in [1.807, 2.05) is 6.07 Å². The molecule has 0 fully saturated rings. The Bertz CT molecular complexity index is 1240. The summed E-state index contributed by atoms with van der Waals surface area (Å²) >= 11 is 0. The summed E-state index contributed by atoms with van der Waals surface area (Å²) in [6.07, 6.45) is 1.01. The molecule has 0 spiro atoms. The monoisotopic (exact) mass is 295 g/mol. The molecule has 108 valence electrons. The van der Waals surface area contributed by atoms with Crippen molar-refractivity contribution in [1.29, 1.82) is 0 Å². The summed E-state index contributed by atoms with van der Waals surface area (Å²) in [4.78, 5) is 8.19. The number of hydrogen-bond donors (Lipinski definition) is 1. The molecule has 0 aliphatic heterocycles. The van der Waals surface area contributed by atoms with E-state index in [9.17, 15) is 0 Å². The van der Waals surface area contributed by atoms with E-state index in [0.717, 1.165) is 28.7 Å². The van der Waals surface area contributed by atoms with E-state index >= 15 is 0 Å². The van der Waals surface area contributed by atoms with Gasteiger partial charge in [0.15, 0.2) is 0 Å². The number of nitrogens with one attached hydrogen (secondary N) is 1. The Hall–Kier alpha value is -3.07. The molecule has 3 heteroatoms. The Morgan fingerprint density at radius 2 is 1.70 bits per heavy atom. The third kappa shape index (κ3) is 1.37. The van der Waals surface area contributed by atoms with Gasteiger partial charge < -0.3 is 4.98 Å². The molecule has 0 saturated carbocycles. The molecule has 0 amide bonds. The average Bonchev–Trinajstić information content (AvgIpc) is 3.21. The molecule has 1 aliphatic rings. The second kappa shape index (κ2) is 3.82. The fourth-order valence-corrected chi connectivity index (χ4v) is 3.93. The van der Waals surface area contributed by atoms with E-state index in [4.69, 9.17) is 4.98 Å². The summed E-state index contributed by atoms with van der Waals surface area (Å²) in [5.74, 6) is 0.915. The number of aromatic amines is 1. The van der Waals surface area contributed by atoms with E-state index in [0.29, 0.717) is 0 Å². The number of aromatic nitrogens is 3. The molecule has 0 radical (unpaired) electrons. The van der Waals surface area contributed by atoms with Gasteiger partial charge in [0.05, 0.1) is 22.1 Å². The van der Waals surface area contributed by atoms with Crippen LogP contribution in [0, 0.1) is 0 Å². The number of imidazole rings is 2. The van der Waals surface area contributed by atoms with Crippen molar-refractivity contribution in [3.05, 3.63) is 71.8 Å². The first-order valence-electron chi connectivity index (χ1n) is 7.88. The Morgan fingerprint density at radius 3 is 2.70 bits per heavy atom. The minimum atomic E-state index is 0.915. The number of nitrogens with zero attached hydrogens (tertiary/aromatic N) is 2. The van der Waals surface area contributed by atoms with E-state index in [-0.39, 0.29) is 0 Å². The molecule has 0 saturated heterocycles. The second-order valence-electron chi connectivity index (χ2n) is 6.24. The van der Waals surface area contributed by atoms with Crippen molar-refractivity contribution in [3.8, 4) is 11.1 Å². The number of hydrogen-bond acceptors (Lipinski definition) is 1. The molecule has 1 aliphatic carbocycles. The van der Waals surface area contributed by atoms with Crippen molar-refractivity contribution >= 4 is 27.8 Å². The van der Waals surface area contributed by atoms with Crippen molar-refractivity contribution in [2.45, 2.75) is 6.42 Å². The molecule has 2 heterocycles. The highest BCUT2D eigenvalue weighted by molar-refractivity contribution is 5.94. The molecule has 0 atom stereocenters. The van der Waals surface area contributed by atoms with Crippen LogP contribution in [-0.2, 0) is 6.42 Å². The van der Waals surface area contributed by atoms with Crippen LogP contribution in [-0.4, -0.2) is 14.4 Å². The van der Waals surface area contributed by atoms with Crippen molar-refractivity contribution in [2.75, 3.05) is 0 Å². The van der Waals surface area contributed by atoms with Crippen LogP contribution in [0.25, 0.3) is 39.0 Å². The van der Waals surface area contributed by atoms with Crippen LogP contribution in [0.2, 0.25) is 0 Å². The predicted octanol–water partition coefficient (Wildman–Crippen LogP) is 4.54. The lowest BCUT2D eigenvalue weighted by Crippen LogP contribution is -1.84. The molecule has 23 heavy (non-hydrogen) atoms. The smallest absolute Gasteiger partial charge is 0.213 e. The van der Waals surface area contributed by atoms with Crippen molar-refractivity contribution in [1.82, 2.24) is 14.4 Å². The molecular weight excluding hydrogens is 282 g/mol. The number of benzene rings is 3. The number of fused-ring (bicyclic) bond motifs is 8. The summed E-state index contributed by atoms with van der Waals surface area (Å²) in [5, 5.41) is 0. The van der Waals surface area contributed by atoms with Crippen molar-refractivity contribution in [3.63, 3.8) is 0 Å². The lowest BCUT2D eigenvalue weighted by atomic mass is 10.1. The minimum Gasteiger partial charge on any atom is -0.323 e. The fraction of sp³-hybridized carbons (Fsp3) is 0.0500. The first-order chi connectivity index (χ1) is 11.4. The van der Waals surface area contributed by atoms with Gasteiger partial charge in [-0.3, -0.25) is 4.40 Å². The normalized spacial score (nSPS) is 13.0. The molecule has 5 aromatic rings. The first-order valence-corrected chi connectivity index (χ1v) is 7.88. The maximum absolute atomic E-state index is 4.71. The largest absolute Gasteiger partial charge is 0.323 e. The van der Waals surface area contributed by atoms with Gasteiger partial charge in [0, 0.05) is 0 Å². The van der Waals surface area contributed by atoms with Crippen LogP contribution in [0.3, 0.4) is 0 Å². The summed E-state index contributed by atoms with van der Waals surface area (Å²) in [5.41, 5.74) is 10.1. The Labute approximate surface area is 132 Å². The van der Waals surface area contributed by atoms with Gasteiger partial charge in [-0.05, 0) is 52.9 Å². The molecule has 0 bridgehead atoms. The Kier molecular flexibility index (Phi) is 1.91. The predicted molar refractivity (Wildman–Crippen MR) is 92.8 cm³/mol. The molecule has 2 aromatic heterocycles. The van der Waals surface area contributed by atoms with Gasteiger partial charge >= 0.3 is 0 Å². The second-order valence-corrected chi connectivity index (χ2v) is 6.24. The zero-order chi connectivity index (χ0) is 15.0. The zero-order valence-corrected chi connectivity index (χ0v) is 12.4. The SMILES string of the molecule is c1ccc2c(c1)Cc1cc3c(cc1-2)[nH]c1nc2ccccc2n13.